The maximum absolute atomic E-state index is 12.3. The Balaban J connectivity index is 2.29. The van der Waals surface area contributed by atoms with Gasteiger partial charge in [-0.1, -0.05) is 36.4 Å². The minimum absolute atomic E-state index is 0.239. The quantitative estimate of drug-likeness (QED) is 0.503. The van der Waals surface area contributed by atoms with Crippen molar-refractivity contribution in [3.05, 3.63) is 60.7 Å². The van der Waals surface area contributed by atoms with Crippen molar-refractivity contribution < 1.29 is 22.5 Å². The van der Waals surface area contributed by atoms with Gasteiger partial charge >= 0.3 is 5.62 Å². The van der Waals surface area contributed by atoms with Crippen LogP contribution in [0.5, 0.6) is 11.5 Å². The first-order chi connectivity index (χ1) is 10.8. The number of nitrogens with one attached hydrogen (secondary N) is 1. The summed E-state index contributed by atoms with van der Waals surface area (Å²) in [7, 11) is -8.43. The van der Waals surface area contributed by atoms with Crippen LogP contribution in [0.2, 0.25) is 0 Å². The summed E-state index contributed by atoms with van der Waals surface area (Å²) in [4.78, 5) is 0. The lowest BCUT2D eigenvalue weighted by Gasteiger charge is -2.21. The summed E-state index contributed by atoms with van der Waals surface area (Å²) in [6, 6.07) is 16.3. The first-order valence-corrected chi connectivity index (χ1v) is 9.79. The topological polar surface area (TPSA) is 134 Å². The standard InChI is InChI=1S/C13H16N3O5PS/c14-22(15,17)16-23(18,19)13(20-11-7-3-1-4-8-11)21-12-9-5-2-6-10-12/h1-10,13H,(H5,14,15,16,17). The average Bonchev–Trinajstić information content (AvgIpc) is 2.46. The Labute approximate surface area is 134 Å². The Bertz CT molecular complexity index is 738. The smallest absolute Gasteiger partial charge is 0.360 e. The number of rotatable bonds is 7. The van der Waals surface area contributed by atoms with E-state index in [9.17, 15) is 13.0 Å². The average molecular weight is 357 g/mol. The molecule has 124 valence electrons. The summed E-state index contributed by atoms with van der Waals surface area (Å²) in [6.45, 7) is 0. The van der Waals surface area contributed by atoms with Crippen LogP contribution in [0.4, 0.5) is 0 Å². The van der Waals surface area contributed by atoms with Gasteiger partial charge in [0.15, 0.2) is 0 Å². The van der Waals surface area contributed by atoms with E-state index in [1.807, 2.05) is 0 Å². The molecule has 8 nitrogen and oxygen atoms in total. The molecule has 0 fully saturated rings. The highest BCUT2D eigenvalue weighted by Crippen LogP contribution is 2.24. The third-order valence-corrected chi connectivity index (χ3v) is 5.33. The molecule has 0 aliphatic rings. The number of para-hydroxylation sites is 2. The van der Waals surface area contributed by atoms with Gasteiger partial charge in [0.25, 0.3) is 17.6 Å². The first kappa shape index (κ1) is 17.5. The van der Waals surface area contributed by atoms with Crippen LogP contribution in [-0.2, 0) is 14.6 Å². The molecule has 5 N–H and O–H groups in total. The Hall–Kier alpha value is -1.90. The molecule has 0 spiro atoms. The zero-order valence-corrected chi connectivity index (χ0v) is 13.6. The van der Waals surface area contributed by atoms with Crippen LogP contribution in [-0.4, -0.2) is 14.0 Å². The van der Waals surface area contributed by atoms with E-state index < -0.39 is 23.2 Å². The highest BCUT2D eigenvalue weighted by molar-refractivity contribution is 7.95. The largest absolute Gasteiger partial charge is 0.441 e. The molecule has 2 aromatic rings. The predicted octanol–water partition coefficient (Wildman–Crippen LogP) is 1.37. The highest BCUT2D eigenvalue weighted by Gasteiger charge is 2.34. The molecule has 0 bridgehead atoms. The fraction of sp³-hybridized carbons (Fsp3) is 0.0769. The van der Waals surface area contributed by atoms with E-state index in [1.165, 1.54) is 0 Å². The fourth-order valence-electron chi connectivity index (χ4n) is 1.61. The van der Waals surface area contributed by atoms with E-state index >= 15 is 0 Å². The number of hydrogen-bond donors (Lipinski definition) is 3. The molecule has 0 unspecified atom stereocenters. The first-order valence-electron chi connectivity index (χ1n) is 6.40. The highest BCUT2D eigenvalue weighted by atomic mass is 32.2. The lowest BCUT2D eigenvalue weighted by molar-refractivity contribution is 0.0741. The third kappa shape index (κ3) is 5.66. The number of benzene rings is 2. The van der Waals surface area contributed by atoms with Crippen molar-refractivity contribution in [2.75, 3.05) is 0 Å². The van der Waals surface area contributed by atoms with Gasteiger partial charge in [0.1, 0.15) is 11.5 Å². The molecular weight excluding hydrogens is 341 g/mol. The van der Waals surface area contributed by atoms with Crippen molar-refractivity contribution >= 4 is 17.6 Å². The molecule has 10 heteroatoms. The molecule has 0 aliphatic carbocycles. The Morgan fingerprint density at radius 1 is 0.870 bits per heavy atom. The second-order valence-corrected chi connectivity index (χ2v) is 8.12. The second kappa shape index (κ2) is 7.12. The van der Waals surface area contributed by atoms with Gasteiger partial charge in [0.05, 0.1) is 0 Å². The van der Waals surface area contributed by atoms with Gasteiger partial charge in [-0.05, 0) is 24.3 Å². The summed E-state index contributed by atoms with van der Waals surface area (Å²) in [5.41, 5.74) is 8.33. The van der Waals surface area contributed by atoms with E-state index in [-0.39, 0.29) is 11.5 Å². The summed E-state index contributed by atoms with van der Waals surface area (Å²) in [6.07, 6.45) is 0. The van der Waals surface area contributed by atoms with Crippen LogP contribution < -0.4 is 25.0 Å². The molecule has 0 heterocycles. The summed E-state index contributed by atoms with van der Waals surface area (Å²) < 4.78 is 48.2. The number of nitrogens with two attached hydrogens (primary N) is 2. The van der Waals surface area contributed by atoms with E-state index in [0.29, 0.717) is 0 Å². The molecule has 0 radical (unpaired) electrons. The van der Waals surface area contributed by atoms with Gasteiger partial charge in [0.2, 0.25) is 0 Å². The molecule has 0 saturated heterocycles. The SMILES string of the molecule is NP(N)(=O)NS(=O)(=O)C(Oc1ccccc1)Oc1ccccc1. The van der Waals surface area contributed by atoms with Crippen molar-refractivity contribution in [1.82, 2.24) is 4.49 Å². The van der Waals surface area contributed by atoms with Gasteiger partial charge in [-0.15, -0.1) is 4.49 Å². The lowest BCUT2D eigenvalue weighted by atomic mass is 10.3. The fourth-order valence-corrected chi connectivity index (χ4v) is 4.02. The zero-order valence-electron chi connectivity index (χ0n) is 11.9. The Morgan fingerprint density at radius 3 is 1.61 bits per heavy atom. The zero-order chi connectivity index (χ0) is 16.9. The predicted molar refractivity (Wildman–Crippen MR) is 86.0 cm³/mol. The number of sulfonamides is 1. The summed E-state index contributed by atoms with van der Waals surface area (Å²) in [5, 5.41) is 0. The summed E-state index contributed by atoms with van der Waals surface area (Å²) >= 11 is 0. The van der Waals surface area contributed by atoms with Crippen molar-refractivity contribution in [2.24, 2.45) is 11.0 Å². The van der Waals surface area contributed by atoms with Gasteiger partial charge < -0.3 is 9.47 Å². The minimum atomic E-state index is -4.38. The molecule has 0 atom stereocenters. The van der Waals surface area contributed by atoms with E-state index in [1.54, 1.807) is 65.2 Å². The van der Waals surface area contributed by atoms with Crippen molar-refractivity contribution in [1.29, 1.82) is 0 Å². The van der Waals surface area contributed by atoms with Crippen LogP contribution in [0.1, 0.15) is 0 Å². The molecule has 0 saturated carbocycles. The maximum Gasteiger partial charge on any atom is 0.360 e. The van der Waals surface area contributed by atoms with Crippen molar-refractivity contribution in [2.45, 2.75) is 5.62 Å². The lowest BCUT2D eigenvalue weighted by Crippen LogP contribution is -2.42. The van der Waals surface area contributed by atoms with Gasteiger partial charge in [-0.25, -0.2) is 8.42 Å². The van der Waals surface area contributed by atoms with Gasteiger partial charge in [-0.3, -0.25) is 15.6 Å². The van der Waals surface area contributed by atoms with Crippen molar-refractivity contribution in [3.63, 3.8) is 0 Å². The second-order valence-electron chi connectivity index (χ2n) is 4.50. The molecule has 0 aliphatic heterocycles. The number of hydrogen-bond acceptors (Lipinski definition) is 5. The molecule has 23 heavy (non-hydrogen) atoms. The van der Waals surface area contributed by atoms with Crippen molar-refractivity contribution in [3.8, 4) is 11.5 Å². The van der Waals surface area contributed by atoms with E-state index in [4.69, 9.17) is 20.5 Å². The molecule has 2 rings (SSSR count). The molecular formula is C13H16N3O5PS. The monoisotopic (exact) mass is 357 g/mol. The van der Waals surface area contributed by atoms with Crippen LogP contribution in [0.3, 0.4) is 0 Å². The Kier molecular flexibility index (Phi) is 5.40. The Morgan fingerprint density at radius 2 is 1.26 bits per heavy atom. The van der Waals surface area contributed by atoms with Crippen LogP contribution in [0.25, 0.3) is 0 Å². The van der Waals surface area contributed by atoms with Crippen LogP contribution in [0, 0.1) is 0 Å². The summed E-state index contributed by atoms with van der Waals surface area (Å²) in [5.74, 6) is 0.477. The number of ether oxygens (including phenoxy) is 2. The normalized spacial score (nSPS) is 12.1. The van der Waals surface area contributed by atoms with Crippen LogP contribution >= 0.6 is 7.59 Å². The molecule has 0 aromatic heterocycles. The van der Waals surface area contributed by atoms with E-state index in [2.05, 4.69) is 0 Å². The van der Waals surface area contributed by atoms with Crippen LogP contribution in [0.15, 0.2) is 60.7 Å². The third-order valence-electron chi connectivity index (χ3n) is 2.47. The van der Waals surface area contributed by atoms with Gasteiger partial charge in [0, 0.05) is 0 Å². The van der Waals surface area contributed by atoms with E-state index in [0.717, 1.165) is 0 Å². The van der Waals surface area contributed by atoms with Gasteiger partial charge in [-0.2, -0.15) is 0 Å². The minimum Gasteiger partial charge on any atom is -0.441 e. The maximum atomic E-state index is 12.3. The molecule has 2 aromatic carbocycles. The molecule has 0 amide bonds.